The maximum absolute atomic E-state index is 14.0. The van der Waals surface area contributed by atoms with Crippen LogP contribution >= 0.6 is 23.2 Å². The number of hydrogen-bond acceptors (Lipinski definition) is 2. The van der Waals surface area contributed by atoms with Gasteiger partial charge in [0.05, 0.1) is 5.02 Å². The average Bonchev–Trinajstić information content (AvgIpc) is 2.72. The zero-order chi connectivity index (χ0) is 20.6. The van der Waals surface area contributed by atoms with E-state index in [1.807, 2.05) is 18.2 Å². The topological polar surface area (TPSA) is 21.3 Å². The fraction of sp³-hybridized carbons (Fsp3) is 0.250. The van der Waals surface area contributed by atoms with E-state index in [1.165, 1.54) is 11.6 Å². The first kappa shape index (κ1) is 21.6. The number of nitrogens with one attached hydrogen (secondary N) is 1. The molecule has 1 N–H and O–H groups in total. The van der Waals surface area contributed by atoms with Crippen molar-refractivity contribution in [2.75, 3.05) is 0 Å². The Morgan fingerprint density at radius 3 is 2.55 bits per heavy atom. The minimum atomic E-state index is -0.374. The summed E-state index contributed by atoms with van der Waals surface area (Å²) in [4.78, 5) is 0. The third kappa shape index (κ3) is 6.46. The molecule has 5 heteroatoms. The van der Waals surface area contributed by atoms with Gasteiger partial charge in [-0.3, -0.25) is 0 Å². The molecule has 0 bridgehead atoms. The van der Waals surface area contributed by atoms with Gasteiger partial charge in [-0.15, -0.1) is 0 Å². The van der Waals surface area contributed by atoms with Crippen LogP contribution < -0.4 is 10.1 Å². The Balaban J connectivity index is 1.59. The molecule has 0 spiro atoms. The molecular weight excluding hydrogens is 408 g/mol. The number of ether oxygens (including phenoxy) is 1. The highest BCUT2D eigenvalue weighted by Crippen LogP contribution is 2.26. The van der Waals surface area contributed by atoms with Gasteiger partial charge < -0.3 is 10.1 Å². The molecule has 0 fully saturated rings. The van der Waals surface area contributed by atoms with Crippen LogP contribution in [0.3, 0.4) is 0 Å². The molecule has 0 aromatic heterocycles. The predicted molar refractivity (Wildman–Crippen MR) is 118 cm³/mol. The van der Waals surface area contributed by atoms with Gasteiger partial charge in [0.15, 0.2) is 0 Å². The molecule has 0 aliphatic heterocycles. The lowest BCUT2D eigenvalue weighted by Crippen LogP contribution is -2.26. The Morgan fingerprint density at radius 2 is 1.79 bits per heavy atom. The Kier molecular flexibility index (Phi) is 7.93. The monoisotopic (exact) mass is 431 g/mol. The van der Waals surface area contributed by atoms with E-state index in [1.54, 1.807) is 18.2 Å². The predicted octanol–water partition coefficient (Wildman–Crippen LogP) is 6.82. The quantitative estimate of drug-likeness (QED) is 0.401. The van der Waals surface area contributed by atoms with E-state index < -0.39 is 0 Å². The summed E-state index contributed by atoms with van der Waals surface area (Å²) in [5, 5.41) is 4.51. The van der Waals surface area contributed by atoms with Crippen LogP contribution in [0.4, 0.5) is 4.39 Å². The van der Waals surface area contributed by atoms with Gasteiger partial charge >= 0.3 is 0 Å². The highest BCUT2D eigenvalue weighted by molar-refractivity contribution is 6.31. The van der Waals surface area contributed by atoms with Gasteiger partial charge in [-0.05, 0) is 55.7 Å². The fourth-order valence-electron chi connectivity index (χ4n) is 3.06. The molecule has 0 heterocycles. The molecule has 0 saturated carbocycles. The van der Waals surface area contributed by atoms with Crippen molar-refractivity contribution in [1.82, 2.24) is 5.32 Å². The Bertz CT molecular complexity index is 913. The van der Waals surface area contributed by atoms with Gasteiger partial charge in [0.2, 0.25) is 0 Å². The van der Waals surface area contributed by atoms with Gasteiger partial charge in [0, 0.05) is 28.7 Å². The molecule has 0 aliphatic rings. The molecule has 29 heavy (non-hydrogen) atoms. The van der Waals surface area contributed by atoms with Crippen LogP contribution in [-0.2, 0) is 19.6 Å². The fourth-order valence-corrected chi connectivity index (χ4v) is 3.47. The summed E-state index contributed by atoms with van der Waals surface area (Å²) in [5.41, 5.74) is 2.60. The third-order valence-corrected chi connectivity index (χ3v) is 5.40. The van der Waals surface area contributed by atoms with Crippen molar-refractivity contribution in [2.45, 2.75) is 39.0 Å². The highest BCUT2D eigenvalue weighted by Gasteiger charge is 2.11. The number of halogens is 3. The maximum atomic E-state index is 14.0. The summed E-state index contributed by atoms with van der Waals surface area (Å²) in [6, 6.07) is 20.8. The lowest BCUT2D eigenvalue weighted by atomic mass is 10.1. The summed E-state index contributed by atoms with van der Waals surface area (Å²) in [5.74, 6) is 0.289. The van der Waals surface area contributed by atoms with Crippen LogP contribution in [0.5, 0.6) is 5.75 Å². The molecule has 0 amide bonds. The smallest absolute Gasteiger partial charge is 0.131 e. The van der Waals surface area contributed by atoms with Crippen molar-refractivity contribution in [3.63, 3.8) is 0 Å². The highest BCUT2D eigenvalue weighted by atomic mass is 35.5. The number of hydrogen-bond donors (Lipinski definition) is 1. The van der Waals surface area contributed by atoms with Gasteiger partial charge in [-0.25, -0.2) is 4.39 Å². The van der Waals surface area contributed by atoms with Crippen LogP contribution in [0.25, 0.3) is 0 Å². The summed E-state index contributed by atoms with van der Waals surface area (Å²) in [6.45, 7) is 2.83. The van der Waals surface area contributed by atoms with E-state index in [-0.39, 0.29) is 12.4 Å². The number of benzene rings is 3. The second kappa shape index (κ2) is 10.6. The zero-order valence-electron chi connectivity index (χ0n) is 16.3. The van der Waals surface area contributed by atoms with Crippen LogP contribution in [0.15, 0.2) is 66.7 Å². The zero-order valence-corrected chi connectivity index (χ0v) is 17.8. The van der Waals surface area contributed by atoms with E-state index in [9.17, 15) is 4.39 Å². The second-order valence-corrected chi connectivity index (χ2v) is 7.89. The summed E-state index contributed by atoms with van der Waals surface area (Å²) >= 11 is 12.3. The average molecular weight is 432 g/mol. The van der Waals surface area contributed by atoms with Gasteiger partial charge in [-0.1, -0.05) is 59.6 Å². The summed E-state index contributed by atoms with van der Waals surface area (Å²) in [6.07, 6.45) is 2.03. The molecule has 0 aliphatic carbocycles. The second-order valence-electron chi connectivity index (χ2n) is 7.05. The molecule has 152 valence electrons. The van der Waals surface area contributed by atoms with E-state index in [2.05, 4.69) is 36.5 Å². The molecule has 3 aromatic rings. The van der Waals surface area contributed by atoms with E-state index in [0.717, 1.165) is 18.4 Å². The van der Waals surface area contributed by atoms with Crippen LogP contribution in [0.2, 0.25) is 10.0 Å². The van der Waals surface area contributed by atoms with Crippen molar-refractivity contribution in [3.05, 3.63) is 99.3 Å². The Labute approximate surface area is 181 Å². The lowest BCUT2D eigenvalue weighted by molar-refractivity contribution is 0.295. The first-order valence-electron chi connectivity index (χ1n) is 9.64. The van der Waals surface area contributed by atoms with Crippen molar-refractivity contribution in [1.29, 1.82) is 0 Å². The largest absolute Gasteiger partial charge is 0.488 e. The molecule has 1 atom stereocenters. The van der Waals surface area contributed by atoms with Crippen molar-refractivity contribution in [2.24, 2.45) is 0 Å². The van der Waals surface area contributed by atoms with Crippen molar-refractivity contribution >= 4 is 23.2 Å². The van der Waals surface area contributed by atoms with Gasteiger partial charge in [-0.2, -0.15) is 0 Å². The normalized spacial score (nSPS) is 12.0. The van der Waals surface area contributed by atoms with Crippen LogP contribution in [0, 0.1) is 5.82 Å². The number of rotatable bonds is 9. The molecule has 3 rings (SSSR count). The first-order chi connectivity index (χ1) is 14.0. The maximum Gasteiger partial charge on any atom is 0.131 e. The van der Waals surface area contributed by atoms with E-state index >= 15 is 0 Å². The van der Waals surface area contributed by atoms with E-state index in [4.69, 9.17) is 27.9 Å². The molecule has 3 aromatic carbocycles. The van der Waals surface area contributed by atoms with Crippen molar-refractivity contribution < 1.29 is 9.13 Å². The minimum absolute atomic E-state index is 0.0592. The Hall–Kier alpha value is -2.07. The third-order valence-electron chi connectivity index (χ3n) is 4.81. The van der Waals surface area contributed by atoms with E-state index in [0.29, 0.717) is 33.9 Å². The molecule has 2 nitrogen and oxygen atoms in total. The lowest BCUT2D eigenvalue weighted by Gasteiger charge is -2.17. The molecule has 0 radical (unpaired) electrons. The minimum Gasteiger partial charge on any atom is -0.488 e. The first-order valence-corrected chi connectivity index (χ1v) is 10.4. The summed E-state index contributed by atoms with van der Waals surface area (Å²) in [7, 11) is 0. The van der Waals surface area contributed by atoms with Crippen LogP contribution in [-0.4, -0.2) is 6.04 Å². The molecule has 1 unspecified atom stereocenters. The van der Waals surface area contributed by atoms with Gasteiger partial charge in [0.25, 0.3) is 0 Å². The van der Waals surface area contributed by atoms with Crippen LogP contribution in [0.1, 0.15) is 30.0 Å². The number of aryl methyl sites for hydroxylation is 1. The summed E-state index contributed by atoms with van der Waals surface area (Å²) < 4.78 is 19.9. The van der Waals surface area contributed by atoms with Crippen molar-refractivity contribution in [3.8, 4) is 5.75 Å². The van der Waals surface area contributed by atoms with Gasteiger partial charge in [0.1, 0.15) is 18.2 Å². The molecule has 0 saturated heterocycles. The SMILES string of the molecule is CC(CCc1ccccc1)NCc1cc(Cl)ccc1OCc1c(F)cccc1Cl. The standard InChI is InChI=1S/C24H24Cl2FNO/c1-17(10-11-18-6-3-2-4-7-18)28-15-19-14-20(25)12-13-24(19)29-16-21-22(26)8-5-9-23(21)27/h2-9,12-14,17,28H,10-11,15-16H2,1H3. The Morgan fingerprint density at radius 1 is 1.00 bits per heavy atom. The molecular formula is C24H24Cl2FNO.